The van der Waals surface area contributed by atoms with E-state index in [-0.39, 0.29) is 5.91 Å². The first-order valence-electron chi connectivity index (χ1n) is 9.35. The molecule has 1 N–H and O–H groups in total. The predicted octanol–water partition coefficient (Wildman–Crippen LogP) is 2.58. The number of nitrogens with zero attached hydrogens (tertiary/aromatic N) is 3. The Bertz CT molecular complexity index is 617. The molecule has 6 heteroatoms. The summed E-state index contributed by atoms with van der Waals surface area (Å²) in [6.45, 7) is 8.96. The van der Waals surface area contributed by atoms with Gasteiger partial charge in [0.2, 0.25) is 5.91 Å². The topological polar surface area (TPSA) is 47.9 Å². The first kappa shape index (κ1) is 18.2. The molecule has 25 heavy (non-hydrogen) atoms. The van der Waals surface area contributed by atoms with Crippen LogP contribution in [0.25, 0.3) is 0 Å². The third kappa shape index (κ3) is 4.54. The smallest absolute Gasteiger partial charge is 0.224 e. The van der Waals surface area contributed by atoms with E-state index in [0.717, 1.165) is 38.6 Å². The zero-order valence-electron chi connectivity index (χ0n) is 15.6. The van der Waals surface area contributed by atoms with Crippen LogP contribution in [-0.2, 0) is 17.8 Å². The Balaban J connectivity index is 1.46. The second kappa shape index (κ2) is 8.21. The van der Waals surface area contributed by atoms with E-state index in [4.69, 9.17) is 0 Å². The van der Waals surface area contributed by atoms with Crippen LogP contribution >= 0.6 is 11.3 Å². The largest absolute Gasteiger partial charge is 0.356 e. The molecule has 0 radical (unpaired) electrons. The van der Waals surface area contributed by atoms with Crippen LogP contribution in [0.3, 0.4) is 0 Å². The number of carbonyl (C=O) groups excluding carboxylic acids is 1. The second-order valence-electron chi connectivity index (χ2n) is 7.51. The Hall–Kier alpha value is -1.56. The van der Waals surface area contributed by atoms with Gasteiger partial charge in [-0.2, -0.15) is 0 Å². The van der Waals surface area contributed by atoms with Gasteiger partial charge in [-0.3, -0.25) is 9.79 Å². The monoisotopic (exact) mass is 362 g/mol. The lowest BCUT2D eigenvalue weighted by Gasteiger charge is -2.37. The van der Waals surface area contributed by atoms with Crippen molar-refractivity contribution >= 4 is 23.2 Å². The third-order valence-corrected chi connectivity index (χ3v) is 6.19. The van der Waals surface area contributed by atoms with Crippen molar-refractivity contribution in [3.63, 3.8) is 0 Å². The van der Waals surface area contributed by atoms with Gasteiger partial charge < -0.3 is 15.1 Å². The number of carbonyl (C=O) groups is 1. The van der Waals surface area contributed by atoms with E-state index in [0.29, 0.717) is 24.8 Å². The maximum atomic E-state index is 12.5. The fraction of sp³-hybridized carbons (Fsp3) is 0.684. The Labute approximate surface area is 155 Å². The standard InChI is InChI=1S/C19H30N4OS/c1-14-10-15(2)12-23(11-14)19(20-3)21-7-4-18(24)22-8-5-17-16(13-22)6-9-25-17/h6,9,14-15H,4-5,7-8,10-13H2,1-3H3,(H,20,21). The number of hydrogen-bond donors (Lipinski definition) is 1. The minimum absolute atomic E-state index is 0.236. The molecule has 5 nitrogen and oxygen atoms in total. The summed E-state index contributed by atoms with van der Waals surface area (Å²) < 4.78 is 0. The lowest BCUT2D eigenvalue weighted by atomic mass is 9.92. The Morgan fingerprint density at radius 3 is 2.80 bits per heavy atom. The van der Waals surface area contributed by atoms with Crippen molar-refractivity contribution in [1.82, 2.24) is 15.1 Å². The van der Waals surface area contributed by atoms with Gasteiger partial charge in [-0.05, 0) is 41.7 Å². The number of guanidine groups is 1. The summed E-state index contributed by atoms with van der Waals surface area (Å²) in [4.78, 5) is 22.7. The van der Waals surface area contributed by atoms with Crippen molar-refractivity contribution < 1.29 is 4.79 Å². The molecule has 2 unspecified atom stereocenters. The zero-order chi connectivity index (χ0) is 17.8. The van der Waals surface area contributed by atoms with E-state index < -0.39 is 0 Å². The van der Waals surface area contributed by atoms with E-state index in [2.05, 4.69) is 40.5 Å². The normalized spacial score (nSPS) is 24.2. The summed E-state index contributed by atoms with van der Waals surface area (Å²) in [7, 11) is 1.83. The molecule has 3 heterocycles. The molecule has 1 amide bonds. The van der Waals surface area contributed by atoms with Gasteiger partial charge in [0.1, 0.15) is 0 Å². The van der Waals surface area contributed by atoms with E-state index in [1.54, 1.807) is 0 Å². The number of amides is 1. The molecular weight excluding hydrogens is 332 g/mol. The summed E-state index contributed by atoms with van der Waals surface area (Å²) in [5, 5.41) is 5.52. The number of hydrogen-bond acceptors (Lipinski definition) is 3. The summed E-state index contributed by atoms with van der Waals surface area (Å²) in [5.41, 5.74) is 1.32. The molecule has 1 aromatic heterocycles. The molecule has 0 bridgehead atoms. The predicted molar refractivity (Wildman–Crippen MR) is 104 cm³/mol. The molecule has 3 rings (SSSR count). The average molecular weight is 363 g/mol. The summed E-state index contributed by atoms with van der Waals surface area (Å²) in [5.74, 6) is 2.55. The van der Waals surface area contributed by atoms with Crippen molar-refractivity contribution in [3.05, 3.63) is 21.9 Å². The van der Waals surface area contributed by atoms with Gasteiger partial charge in [0.25, 0.3) is 0 Å². The van der Waals surface area contributed by atoms with E-state index >= 15 is 0 Å². The van der Waals surface area contributed by atoms with Crippen LogP contribution in [0.1, 0.15) is 37.1 Å². The highest BCUT2D eigenvalue weighted by Crippen LogP contribution is 2.24. The summed E-state index contributed by atoms with van der Waals surface area (Å²) >= 11 is 1.81. The minimum atomic E-state index is 0.236. The fourth-order valence-electron chi connectivity index (χ4n) is 4.07. The van der Waals surface area contributed by atoms with Crippen LogP contribution in [0.2, 0.25) is 0 Å². The third-order valence-electron chi connectivity index (χ3n) is 5.16. The summed E-state index contributed by atoms with van der Waals surface area (Å²) in [6.07, 6.45) is 2.81. The maximum Gasteiger partial charge on any atom is 0.224 e. The van der Waals surface area contributed by atoms with Gasteiger partial charge >= 0.3 is 0 Å². The number of piperidine rings is 1. The van der Waals surface area contributed by atoms with Crippen molar-refractivity contribution in [2.45, 2.75) is 39.7 Å². The van der Waals surface area contributed by atoms with Crippen molar-refractivity contribution in [2.24, 2.45) is 16.8 Å². The van der Waals surface area contributed by atoms with Crippen LogP contribution in [0.15, 0.2) is 16.4 Å². The number of fused-ring (bicyclic) bond motifs is 1. The first-order chi connectivity index (χ1) is 12.1. The molecule has 0 aromatic carbocycles. The van der Waals surface area contributed by atoms with Gasteiger partial charge in [-0.1, -0.05) is 13.8 Å². The quantitative estimate of drug-likeness (QED) is 0.664. The van der Waals surface area contributed by atoms with Gasteiger partial charge in [0.15, 0.2) is 5.96 Å². The van der Waals surface area contributed by atoms with E-state index in [1.807, 2.05) is 23.3 Å². The SMILES string of the molecule is CN=C(NCCC(=O)N1CCc2sccc2C1)N1CC(C)CC(C)C1. The highest BCUT2D eigenvalue weighted by atomic mass is 32.1. The Kier molecular flexibility index (Phi) is 5.99. The Morgan fingerprint density at radius 2 is 2.08 bits per heavy atom. The fourth-order valence-corrected chi connectivity index (χ4v) is 4.96. The molecule has 1 aromatic rings. The van der Waals surface area contributed by atoms with Crippen molar-refractivity contribution in [2.75, 3.05) is 33.2 Å². The van der Waals surface area contributed by atoms with Crippen molar-refractivity contribution in [1.29, 1.82) is 0 Å². The lowest BCUT2D eigenvalue weighted by molar-refractivity contribution is -0.131. The van der Waals surface area contributed by atoms with Gasteiger partial charge in [0, 0.05) is 51.1 Å². The average Bonchev–Trinajstić information content (AvgIpc) is 3.05. The minimum Gasteiger partial charge on any atom is -0.356 e. The van der Waals surface area contributed by atoms with Crippen LogP contribution in [0.5, 0.6) is 0 Å². The second-order valence-corrected chi connectivity index (χ2v) is 8.51. The molecule has 2 aliphatic rings. The highest BCUT2D eigenvalue weighted by molar-refractivity contribution is 7.10. The molecule has 1 fully saturated rings. The first-order valence-corrected chi connectivity index (χ1v) is 10.2. The van der Waals surface area contributed by atoms with Gasteiger partial charge in [-0.25, -0.2) is 0 Å². The lowest BCUT2D eigenvalue weighted by Crippen LogP contribution is -2.49. The van der Waals surface area contributed by atoms with E-state index in [9.17, 15) is 4.79 Å². The highest BCUT2D eigenvalue weighted by Gasteiger charge is 2.25. The molecular formula is C19H30N4OS. The molecule has 138 valence electrons. The molecule has 1 saturated heterocycles. The van der Waals surface area contributed by atoms with Crippen LogP contribution in [-0.4, -0.2) is 54.9 Å². The zero-order valence-corrected chi connectivity index (χ0v) is 16.4. The number of thiophene rings is 1. The summed E-state index contributed by atoms with van der Waals surface area (Å²) in [6, 6.07) is 2.15. The molecule has 2 atom stereocenters. The van der Waals surface area contributed by atoms with Crippen molar-refractivity contribution in [3.8, 4) is 0 Å². The number of rotatable bonds is 3. The molecule has 2 aliphatic heterocycles. The molecule has 0 aliphatic carbocycles. The van der Waals surface area contributed by atoms with Crippen LogP contribution in [0, 0.1) is 11.8 Å². The number of likely N-dealkylation sites (tertiary alicyclic amines) is 1. The Morgan fingerprint density at radius 1 is 1.32 bits per heavy atom. The van der Waals surface area contributed by atoms with Gasteiger partial charge in [-0.15, -0.1) is 11.3 Å². The molecule has 0 spiro atoms. The van der Waals surface area contributed by atoms with Crippen LogP contribution in [0.4, 0.5) is 0 Å². The van der Waals surface area contributed by atoms with Crippen LogP contribution < -0.4 is 5.32 Å². The molecule has 0 saturated carbocycles. The van der Waals surface area contributed by atoms with E-state index in [1.165, 1.54) is 16.9 Å². The van der Waals surface area contributed by atoms with Gasteiger partial charge in [0.05, 0.1) is 0 Å². The number of nitrogens with one attached hydrogen (secondary N) is 1. The maximum absolute atomic E-state index is 12.5. The number of aliphatic imine (C=N–C) groups is 1.